The van der Waals surface area contributed by atoms with E-state index in [0.29, 0.717) is 12.5 Å². The lowest BCUT2D eigenvalue weighted by Crippen LogP contribution is -2.43. The van der Waals surface area contributed by atoms with Crippen LogP contribution in [0.4, 0.5) is 5.69 Å². The van der Waals surface area contributed by atoms with Gasteiger partial charge in [-0.25, -0.2) is 0 Å². The first-order chi connectivity index (χ1) is 12.0. The molecule has 0 saturated carbocycles. The number of likely N-dealkylation sites (tertiary alicyclic amines) is 2. The summed E-state index contributed by atoms with van der Waals surface area (Å²) in [5.74, 6) is 0.505. The smallest absolute Gasteiger partial charge is 0.238 e. The molecule has 1 aromatic carbocycles. The lowest BCUT2D eigenvalue weighted by Gasteiger charge is -2.32. The fourth-order valence-electron chi connectivity index (χ4n) is 3.88. The third kappa shape index (κ3) is 4.60. The second-order valence-electron chi connectivity index (χ2n) is 7.45. The molecule has 2 heterocycles. The summed E-state index contributed by atoms with van der Waals surface area (Å²) < 4.78 is 0. The number of amides is 2. The molecule has 2 fully saturated rings. The number of rotatable bonds is 4. The second kappa shape index (κ2) is 8.00. The fourth-order valence-corrected chi connectivity index (χ4v) is 3.88. The molecule has 0 bridgehead atoms. The van der Waals surface area contributed by atoms with Crippen molar-refractivity contribution in [3.8, 4) is 0 Å². The number of carbonyl (C=O) groups excluding carboxylic acids is 2. The predicted molar refractivity (Wildman–Crippen MR) is 99.5 cm³/mol. The Kier molecular flexibility index (Phi) is 5.74. The van der Waals surface area contributed by atoms with Crippen molar-refractivity contribution in [2.24, 2.45) is 5.92 Å². The minimum absolute atomic E-state index is 0.0243. The summed E-state index contributed by atoms with van der Waals surface area (Å²) in [5.41, 5.74) is 3.17. The van der Waals surface area contributed by atoms with Crippen LogP contribution in [0.2, 0.25) is 0 Å². The highest BCUT2D eigenvalue weighted by atomic mass is 16.2. The highest BCUT2D eigenvalue weighted by Gasteiger charge is 2.30. The Morgan fingerprint density at radius 1 is 1.08 bits per heavy atom. The molecule has 2 aliphatic heterocycles. The molecular weight excluding hydrogens is 314 g/mol. The number of hydrogen-bond donors (Lipinski definition) is 1. The summed E-state index contributed by atoms with van der Waals surface area (Å²) in [7, 11) is 0. The zero-order valence-corrected chi connectivity index (χ0v) is 15.4. The zero-order valence-electron chi connectivity index (χ0n) is 15.4. The van der Waals surface area contributed by atoms with Crippen molar-refractivity contribution in [1.82, 2.24) is 9.80 Å². The summed E-state index contributed by atoms with van der Waals surface area (Å²) >= 11 is 0. The van der Waals surface area contributed by atoms with Gasteiger partial charge in [-0.2, -0.15) is 0 Å². The first-order valence-corrected chi connectivity index (χ1v) is 9.41. The molecule has 0 spiro atoms. The number of aryl methyl sites for hydroxylation is 2. The van der Waals surface area contributed by atoms with Crippen LogP contribution >= 0.6 is 0 Å². The maximum atomic E-state index is 12.5. The number of piperidine rings is 1. The SMILES string of the molecule is Cc1ccc(NC(=O)CN2CCC(C(=O)N3CCCC3)CC2)c(C)c1. The Labute approximate surface area is 150 Å². The minimum Gasteiger partial charge on any atom is -0.342 e. The van der Waals surface area contributed by atoms with Gasteiger partial charge in [-0.3, -0.25) is 14.5 Å². The van der Waals surface area contributed by atoms with Crippen molar-refractivity contribution in [3.63, 3.8) is 0 Å². The first kappa shape index (κ1) is 17.9. The quantitative estimate of drug-likeness (QED) is 0.914. The summed E-state index contributed by atoms with van der Waals surface area (Å²) in [6.45, 7) is 7.96. The average molecular weight is 343 g/mol. The zero-order chi connectivity index (χ0) is 17.8. The highest BCUT2D eigenvalue weighted by molar-refractivity contribution is 5.93. The third-order valence-electron chi connectivity index (χ3n) is 5.38. The van der Waals surface area contributed by atoms with Gasteiger partial charge in [0.15, 0.2) is 0 Å². The number of carbonyl (C=O) groups is 2. The van der Waals surface area contributed by atoms with Gasteiger partial charge in [0.2, 0.25) is 11.8 Å². The van der Waals surface area contributed by atoms with Gasteiger partial charge in [-0.15, -0.1) is 0 Å². The van der Waals surface area contributed by atoms with Crippen molar-refractivity contribution in [1.29, 1.82) is 0 Å². The van der Waals surface area contributed by atoms with Crippen molar-refractivity contribution in [3.05, 3.63) is 29.3 Å². The molecule has 1 N–H and O–H groups in total. The van der Waals surface area contributed by atoms with Gasteiger partial charge in [0.1, 0.15) is 0 Å². The highest BCUT2D eigenvalue weighted by Crippen LogP contribution is 2.22. The van der Waals surface area contributed by atoms with Crippen molar-refractivity contribution < 1.29 is 9.59 Å². The minimum atomic E-state index is 0.0243. The maximum Gasteiger partial charge on any atom is 0.238 e. The number of benzene rings is 1. The lowest BCUT2D eigenvalue weighted by molar-refractivity contribution is -0.136. The molecule has 2 aliphatic rings. The molecule has 0 unspecified atom stereocenters. The van der Waals surface area contributed by atoms with Crippen molar-refractivity contribution in [2.45, 2.75) is 39.5 Å². The van der Waals surface area contributed by atoms with Gasteiger partial charge < -0.3 is 10.2 Å². The van der Waals surface area contributed by atoms with Gasteiger partial charge in [0.05, 0.1) is 6.54 Å². The molecular formula is C20H29N3O2. The third-order valence-corrected chi connectivity index (χ3v) is 5.38. The summed E-state index contributed by atoms with van der Waals surface area (Å²) in [4.78, 5) is 29.0. The molecule has 2 amide bonds. The van der Waals surface area contributed by atoms with Gasteiger partial charge in [0, 0.05) is 24.7 Å². The summed E-state index contributed by atoms with van der Waals surface area (Å²) in [5, 5.41) is 3.01. The fraction of sp³-hybridized carbons (Fsp3) is 0.600. The normalized spacial score (nSPS) is 19.2. The van der Waals surface area contributed by atoms with E-state index in [4.69, 9.17) is 0 Å². The Balaban J connectivity index is 1.45. The monoisotopic (exact) mass is 343 g/mol. The number of hydrogen-bond acceptors (Lipinski definition) is 3. The van der Waals surface area contributed by atoms with Crippen LogP contribution in [0.25, 0.3) is 0 Å². The predicted octanol–water partition coefficient (Wildman–Crippen LogP) is 2.58. The van der Waals surface area contributed by atoms with E-state index in [1.807, 2.05) is 30.9 Å². The van der Waals surface area contributed by atoms with Gasteiger partial charge in [-0.05, 0) is 64.3 Å². The Morgan fingerprint density at radius 3 is 2.40 bits per heavy atom. The van der Waals surface area contributed by atoms with E-state index in [-0.39, 0.29) is 11.8 Å². The van der Waals surface area contributed by atoms with E-state index in [1.165, 1.54) is 5.56 Å². The van der Waals surface area contributed by atoms with Crippen molar-refractivity contribution >= 4 is 17.5 Å². The molecule has 0 aliphatic carbocycles. The second-order valence-corrected chi connectivity index (χ2v) is 7.45. The van der Waals surface area contributed by atoms with E-state index in [9.17, 15) is 9.59 Å². The lowest BCUT2D eigenvalue weighted by atomic mass is 9.95. The van der Waals surface area contributed by atoms with E-state index >= 15 is 0 Å². The van der Waals surface area contributed by atoms with Gasteiger partial charge >= 0.3 is 0 Å². The summed E-state index contributed by atoms with van der Waals surface area (Å²) in [6, 6.07) is 6.05. The molecule has 136 valence electrons. The van der Waals surface area contributed by atoms with Crippen LogP contribution in [-0.2, 0) is 9.59 Å². The van der Waals surface area contributed by atoms with E-state index in [1.54, 1.807) is 0 Å². The van der Waals surface area contributed by atoms with Crippen LogP contribution in [0.15, 0.2) is 18.2 Å². The summed E-state index contributed by atoms with van der Waals surface area (Å²) in [6.07, 6.45) is 4.02. The topological polar surface area (TPSA) is 52.7 Å². The van der Waals surface area contributed by atoms with Crippen molar-refractivity contribution in [2.75, 3.05) is 38.0 Å². The van der Waals surface area contributed by atoms with Crippen LogP contribution in [0, 0.1) is 19.8 Å². The molecule has 5 nitrogen and oxygen atoms in total. The molecule has 5 heteroatoms. The van der Waals surface area contributed by atoms with Crippen LogP contribution in [0.3, 0.4) is 0 Å². The maximum absolute atomic E-state index is 12.5. The molecule has 0 aromatic heterocycles. The van der Waals surface area contributed by atoms with Crippen LogP contribution < -0.4 is 5.32 Å². The van der Waals surface area contributed by atoms with Crippen LogP contribution in [0.5, 0.6) is 0 Å². The Morgan fingerprint density at radius 2 is 1.76 bits per heavy atom. The van der Waals surface area contributed by atoms with E-state index in [2.05, 4.69) is 16.3 Å². The molecule has 3 rings (SSSR count). The van der Waals surface area contributed by atoms with Crippen LogP contribution in [0.1, 0.15) is 36.8 Å². The standard InChI is InChI=1S/C20H29N3O2/c1-15-5-6-18(16(2)13-15)21-19(24)14-22-11-7-17(8-12-22)20(25)23-9-3-4-10-23/h5-6,13,17H,3-4,7-12,14H2,1-2H3,(H,21,24). The molecule has 1 aromatic rings. The van der Waals surface area contributed by atoms with Crippen LogP contribution in [-0.4, -0.2) is 54.3 Å². The Bertz CT molecular complexity index is 630. The largest absolute Gasteiger partial charge is 0.342 e. The van der Waals surface area contributed by atoms with Gasteiger partial charge in [0.25, 0.3) is 0 Å². The van der Waals surface area contributed by atoms with E-state index < -0.39 is 0 Å². The Hall–Kier alpha value is -1.88. The first-order valence-electron chi connectivity index (χ1n) is 9.41. The molecule has 2 saturated heterocycles. The number of nitrogens with one attached hydrogen (secondary N) is 1. The number of nitrogens with zero attached hydrogens (tertiary/aromatic N) is 2. The number of anilines is 1. The molecule has 25 heavy (non-hydrogen) atoms. The van der Waals surface area contributed by atoms with E-state index in [0.717, 1.165) is 63.1 Å². The average Bonchev–Trinajstić information content (AvgIpc) is 3.12. The molecule has 0 radical (unpaired) electrons. The molecule has 0 atom stereocenters. The van der Waals surface area contributed by atoms with Gasteiger partial charge in [-0.1, -0.05) is 17.7 Å².